The highest BCUT2D eigenvalue weighted by Crippen LogP contribution is 2.25. The smallest absolute Gasteiger partial charge is 0.236 e. The SMILES string of the molecule is CC(C(=O)NC(C)(C)C)S(=O)c1ccc(N)cc1Br. The molecule has 1 rings (SSSR count). The van der Waals surface area contributed by atoms with Crippen molar-refractivity contribution in [2.75, 3.05) is 5.73 Å². The van der Waals surface area contributed by atoms with Crippen molar-refractivity contribution >= 4 is 38.3 Å². The average Bonchev–Trinajstić information content (AvgIpc) is 2.24. The van der Waals surface area contributed by atoms with Crippen LogP contribution in [-0.2, 0) is 15.6 Å². The molecule has 0 fully saturated rings. The number of hydrogen-bond donors (Lipinski definition) is 2. The highest BCUT2D eigenvalue weighted by atomic mass is 79.9. The molecule has 2 unspecified atom stereocenters. The molecule has 1 aromatic rings. The van der Waals surface area contributed by atoms with Crippen molar-refractivity contribution in [3.05, 3.63) is 22.7 Å². The first-order chi connectivity index (χ1) is 8.61. The van der Waals surface area contributed by atoms with Crippen LogP contribution in [0.4, 0.5) is 5.69 Å². The molecule has 19 heavy (non-hydrogen) atoms. The summed E-state index contributed by atoms with van der Waals surface area (Å²) in [5, 5.41) is 2.20. The molecule has 4 nitrogen and oxygen atoms in total. The van der Waals surface area contributed by atoms with E-state index in [0.717, 1.165) is 0 Å². The molecule has 6 heteroatoms. The van der Waals surface area contributed by atoms with Gasteiger partial charge in [0, 0.05) is 15.7 Å². The van der Waals surface area contributed by atoms with Gasteiger partial charge >= 0.3 is 0 Å². The van der Waals surface area contributed by atoms with Crippen LogP contribution in [0.2, 0.25) is 0 Å². The van der Waals surface area contributed by atoms with Gasteiger partial charge in [0.05, 0.1) is 15.7 Å². The van der Waals surface area contributed by atoms with E-state index in [4.69, 9.17) is 5.73 Å². The molecule has 106 valence electrons. The van der Waals surface area contributed by atoms with E-state index in [0.29, 0.717) is 15.1 Å². The van der Waals surface area contributed by atoms with Crippen LogP contribution in [0.1, 0.15) is 27.7 Å². The Morgan fingerprint density at radius 2 is 2.00 bits per heavy atom. The van der Waals surface area contributed by atoms with Crippen molar-refractivity contribution < 1.29 is 9.00 Å². The highest BCUT2D eigenvalue weighted by molar-refractivity contribution is 9.10. The fourth-order valence-corrected chi connectivity index (χ4v) is 3.40. The second kappa shape index (κ2) is 6.05. The van der Waals surface area contributed by atoms with Crippen LogP contribution in [0.5, 0.6) is 0 Å². The van der Waals surface area contributed by atoms with Gasteiger partial charge in [0.1, 0.15) is 5.25 Å². The van der Waals surface area contributed by atoms with Crippen LogP contribution in [0.25, 0.3) is 0 Å². The van der Waals surface area contributed by atoms with Crippen LogP contribution >= 0.6 is 15.9 Å². The summed E-state index contributed by atoms with van der Waals surface area (Å²) < 4.78 is 13.0. The number of nitrogen functional groups attached to an aromatic ring is 1. The number of carbonyl (C=O) groups excluding carboxylic acids is 1. The van der Waals surface area contributed by atoms with Gasteiger partial charge in [-0.1, -0.05) is 0 Å². The average molecular weight is 347 g/mol. The number of hydrogen-bond acceptors (Lipinski definition) is 3. The Hall–Kier alpha value is -0.880. The predicted octanol–water partition coefficient (Wildman–Crippen LogP) is 2.44. The van der Waals surface area contributed by atoms with Gasteiger partial charge < -0.3 is 11.1 Å². The maximum absolute atomic E-state index is 12.4. The van der Waals surface area contributed by atoms with Gasteiger partial charge in [-0.2, -0.15) is 0 Å². The first-order valence-corrected chi connectivity index (χ1v) is 7.90. The van der Waals surface area contributed by atoms with Gasteiger partial charge in [0.15, 0.2) is 0 Å². The Bertz CT molecular complexity index is 512. The third-order valence-electron chi connectivity index (χ3n) is 2.36. The summed E-state index contributed by atoms with van der Waals surface area (Å²) in [7, 11) is -1.43. The lowest BCUT2D eigenvalue weighted by atomic mass is 10.1. The second-order valence-corrected chi connectivity index (χ2v) is 7.96. The number of rotatable bonds is 3. The monoisotopic (exact) mass is 346 g/mol. The van der Waals surface area contributed by atoms with Gasteiger partial charge in [0.25, 0.3) is 0 Å². The maximum atomic E-state index is 12.4. The fraction of sp³-hybridized carbons (Fsp3) is 0.462. The third kappa shape index (κ3) is 4.62. The lowest BCUT2D eigenvalue weighted by Gasteiger charge is -2.23. The van der Waals surface area contributed by atoms with Gasteiger partial charge in [-0.3, -0.25) is 9.00 Å². The molecule has 0 spiro atoms. The topological polar surface area (TPSA) is 72.2 Å². The number of benzene rings is 1. The Kier molecular flexibility index (Phi) is 5.15. The van der Waals surface area contributed by atoms with Crippen molar-refractivity contribution in [3.63, 3.8) is 0 Å². The van der Waals surface area contributed by atoms with Crippen molar-refractivity contribution in [1.82, 2.24) is 5.32 Å². The van der Waals surface area contributed by atoms with E-state index in [1.165, 1.54) is 0 Å². The Labute approximate surface area is 124 Å². The summed E-state index contributed by atoms with van der Waals surface area (Å²) in [5.41, 5.74) is 5.88. The van der Waals surface area contributed by atoms with Gasteiger partial charge in [0.2, 0.25) is 5.91 Å². The number of halogens is 1. The highest BCUT2D eigenvalue weighted by Gasteiger charge is 2.25. The van der Waals surface area contributed by atoms with Gasteiger partial charge in [-0.15, -0.1) is 0 Å². The van der Waals surface area contributed by atoms with Crippen LogP contribution in [0, 0.1) is 0 Å². The molecule has 0 saturated heterocycles. The summed E-state index contributed by atoms with van der Waals surface area (Å²) >= 11 is 3.32. The molecular weight excluding hydrogens is 328 g/mol. The van der Waals surface area contributed by atoms with Crippen LogP contribution in [0.3, 0.4) is 0 Å². The van der Waals surface area contributed by atoms with Crippen molar-refractivity contribution in [3.8, 4) is 0 Å². The van der Waals surface area contributed by atoms with Crippen LogP contribution < -0.4 is 11.1 Å². The first-order valence-electron chi connectivity index (χ1n) is 5.89. The predicted molar refractivity (Wildman–Crippen MR) is 82.3 cm³/mol. The Balaban J connectivity index is 2.91. The molecule has 1 aromatic carbocycles. The van der Waals surface area contributed by atoms with Crippen LogP contribution in [0.15, 0.2) is 27.6 Å². The quantitative estimate of drug-likeness (QED) is 0.825. The summed E-state index contributed by atoms with van der Waals surface area (Å²) in [6.45, 7) is 7.32. The van der Waals surface area contributed by atoms with E-state index in [-0.39, 0.29) is 11.4 Å². The molecule has 0 aliphatic heterocycles. The van der Waals surface area contributed by atoms with Crippen molar-refractivity contribution in [2.24, 2.45) is 0 Å². The number of carbonyl (C=O) groups is 1. The lowest BCUT2D eigenvalue weighted by molar-refractivity contribution is -0.121. The molecule has 0 aliphatic rings. The summed E-state index contributed by atoms with van der Waals surface area (Å²) in [6.07, 6.45) is 0. The van der Waals surface area contributed by atoms with E-state index in [9.17, 15) is 9.00 Å². The minimum Gasteiger partial charge on any atom is -0.399 e. The molecular formula is C13H19BrN2O2S. The van der Waals surface area contributed by atoms with E-state index >= 15 is 0 Å². The zero-order valence-electron chi connectivity index (χ0n) is 11.5. The molecule has 0 radical (unpaired) electrons. The standard InChI is InChI=1S/C13H19BrN2O2S/c1-8(12(17)16-13(2,3)4)19(18)11-6-5-9(15)7-10(11)14/h5-8H,15H2,1-4H3,(H,16,17). The maximum Gasteiger partial charge on any atom is 0.236 e. The van der Waals surface area contributed by atoms with E-state index in [2.05, 4.69) is 21.2 Å². The molecule has 0 bridgehead atoms. The summed E-state index contributed by atoms with van der Waals surface area (Å²) in [4.78, 5) is 12.6. The number of nitrogens with two attached hydrogens (primary N) is 1. The van der Waals surface area contributed by atoms with Gasteiger partial charge in [-0.25, -0.2) is 0 Å². The normalized spacial score (nSPS) is 14.8. The number of amides is 1. The lowest BCUT2D eigenvalue weighted by Crippen LogP contribution is -2.46. The molecule has 2 atom stereocenters. The Morgan fingerprint density at radius 1 is 1.42 bits per heavy atom. The summed E-state index contributed by atoms with van der Waals surface area (Å²) in [5.74, 6) is -0.227. The molecule has 0 saturated carbocycles. The van der Waals surface area contributed by atoms with Crippen molar-refractivity contribution in [2.45, 2.75) is 43.4 Å². The number of nitrogens with one attached hydrogen (secondary N) is 1. The largest absolute Gasteiger partial charge is 0.399 e. The molecule has 0 aromatic heterocycles. The molecule has 0 aliphatic carbocycles. The first kappa shape index (κ1) is 16.2. The van der Waals surface area contributed by atoms with Crippen LogP contribution in [-0.4, -0.2) is 20.9 Å². The van der Waals surface area contributed by atoms with Gasteiger partial charge in [-0.05, 0) is 61.8 Å². The fourth-order valence-electron chi connectivity index (χ4n) is 1.44. The third-order valence-corrected chi connectivity index (χ3v) is 4.93. The molecule has 3 N–H and O–H groups in total. The van der Waals surface area contributed by atoms with E-state index in [1.807, 2.05) is 20.8 Å². The zero-order valence-corrected chi connectivity index (χ0v) is 13.9. The summed E-state index contributed by atoms with van der Waals surface area (Å²) in [6, 6.07) is 5.03. The Morgan fingerprint density at radius 3 is 2.47 bits per heavy atom. The number of anilines is 1. The molecule has 0 heterocycles. The van der Waals surface area contributed by atoms with Crippen molar-refractivity contribution in [1.29, 1.82) is 0 Å². The minimum absolute atomic E-state index is 0.227. The van der Waals surface area contributed by atoms with E-state index < -0.39 is 16.0 Å². The zero-order chi connectivity index (χ0) is 14.8. The van der Waals surface area contributed by atoms with E-state index in [1.54, 1.807) is 25.1 Å². The molecule has 1 amide bonds. The second-order valence-electron chi connectivity index (χ2n) is 5.37. The minimum atomic E-state index is -1.43.